The van der Waals surface area contributed by atoms with Crippen molar-refractivity contribution in [2.45, 2.75) is 0 Å². The molecule has 0 atom stereocenters. The molecule has 0 spiro atoms. The number of nitrogens with zero attached hydrogens (tertiary/aromatic N) is 1. The zero-order valence-electron chi connectivity index (χ0n) is 12.0. The van der Waals surface area contributed by atoms with Crippen molar-refractivity contribution in [1.82, 2.24) is 5.43 Å². The molecule has 0 aliphatic rings. The average Bonchev–Trinajstić information content (AvgIpc) is 2.46. The van der Waals surface area contributed by atoms with E-state index >= 15 is 0 Å². The Kier molecular flexibility index (Phi) is 5.88. The highest BCUT2D eigenvalue weighted by Gasteiger charge is 2.09. The van der Waals surface area contributed by atoms with Crippen molar-refractivity contribution in [3.8, 4) is 0 Å². The summed E-state index contributed by atoms with van der Waals surface area (Å²) in [5.41, 5.74) is 7.99. The third kappa shape index (κ3) is 4.24. The Morgan fingerprint density at radius 3 is 2.05 bits per heavy atom. The fraction of sp³-hybridized carbons (Fsp3) is 0.133. The van der Waals surface area contributed by atoms with E-state index in [9.17, 15) is 4.79 Å². The van der Waals surface area contributed by atoms with Crippen LogP contribution in [-0.4, -0.2) is 20.0 Å². The Hall–Kier alpha value is -1.05. The van der Waals surface area contributed by atoms with Gasteiger partial charge in [0.1, 0.15) is 0 Å². The van der Waals surface area contributed by atoms with Gasteiger partial charge in [-0.2, -0.15) is 0 Å². The molecule has 116 valence electrons. The minimum absolute atomic E-state index is 0.202. The van der Waals surface area contributed by atoms with Gasteiger partial charge in [0.15, 0.2) is 0 Å². The molecule has 7 heteroatoms. The van der Waals surface area contributed by atoms with Crippen LogP contribution in [0.1, 0.15) is 10.4 Å². The third-order valence-electron chi connectivity index (χ3n) is 2.95. The van der Waals surface area contributed by atoms with Crippen LogP contribution in [-0.2, 0) is 0 Å². The predicted molar refractivity (Wildman–Crippen MR) is 101 cm³/mol. The summed E-state index contributed by atoms with van der Waals surface area (Å²) in [6.07, 6.45) is 0. The van der Waals surface area contributed by atoms with Crippen LogP contribution >= 0.6 is 47.8 Å². The molecule has 0 fully saturated rings. The number of halogens is 3. The molecule has 22 heavy (non-hydrogen) atoms. The molecular formula is C15H14Br3N3O. The second-order valence-electron chi connectivity index (χ2n) is 4.76. The van der Waals surface area contributed by atoms with Gasteiger partial charge < -0.3 is 4.90 Å². The van der Waals surface area contributed by atoms with E-state index in [-0.39, 0.29) is 5.91 Å². The van der Waals surface area contributed by atoms with Crippen LogP contribution in [0, 0.1) is 0 Å². The van der Waals surface area contributed by atoms with Gasteiger partial charge in [-0.15, -0.1) is 0 Å². The predicted octanol–water partition coefficient (Wildman–Crippen LogP) is 4.80. The number of benzene rings is 2. The summed E-state index contributed by atoms with van der Waals surface area (Å²) in [5.74, 6) is -0.202. The standard InChI is InChI=1S/C15H14Br3N3O/c1-21(2)11-5-3-9(4-6-11)15(22)20-19-14-12(17)7-10(16)8-13(14)18/h3-8,19H,1-2H3,(H,20,22). The number of hydrogen-bond donors (Lipinski definition) is 2. The molecule has 0 saturated heterocycles. The summed E-state index contributed by atoms with van der Waals surface area (Å²) in [4.78, 5) is 14.1. The number of anilines is 2. The van der Waals surface area contributed by atoms with E-state index in [2.05, 4.69) is 58.6 Å². The largest absolute Gasteiger partial charge is 0.378 e. The van der Waals surface area contributed by atoms with E-state index in [1.165, 1.54) is 0 Å². The van der Waals surface area contributed by atoms with Gasteiger partial charge >= 0.3 is 0 Å². The first-order valence-electron chi connectivity index (χ1n) is 6.37. The summed E-state index contributed by atoms with van der Waals surface area (Å²) in [6, 6.07) is 11.2. The number of rotatable bonds is 4. The Labute approximate surface area is 154 Å². The molecule has 0 aromatic heterocycles. The first kappa shape index (κ1) is 17.3. The lowest BCUT2D eigenvalue weighted by Gasteiger charge is -2.14. The number of nitrogens with one attached hydrogen (secondary N) is 2. The minimum Gasteiger partial charge on any atom is -0.378 e. The molecule has 0 aliphatic carbocycles. The van der Waals surface area contributed by atoms with E-state index in [0.717, 1.165) is 24.8 Å². The third-order valence-corrected chi connectivity index (χ3v) is 4.66. The summed E-state index contributed by atoms with van der Waals surface area (Å²) in [6.45, 7) is 0. The molecular weight excluding hydrogens is 478 g/mol. The molecule has 0 unspecified atom stereocenters. The van der Waals surface area contributed by atoms with Crippen LogP contribution in [0.2, 0.25) is 0 Å². The second-order valence-corrected chi connectivity index (χ2v) is 7.39. The lowest BCUT2D eigenvalue weighted by Crippen LogP contribution is -2.29. The minimum atomic E-state index is -0.202. The Morgan fingerprint density at radius 2 is 1.55 bits per heavy atom. The van der Waals surface area contributed by atoms with Gasteiger partial charge in [0.25, 0.3) is 5.91 Å². The van der Waals surface area contributed by atoms with Gasteiger partial charge in [-0.3, -0.25) is 15.6 Å². The topological polar surface area (TPSA) is 44.4 Å². The van der Waals surface area contributed by atoms with Crippen molar-refractivity contribution in [2.75, 3.05) is 24.4 Å². The second kappa shape index (κ2) is 7.48. The first-order chi connectivity index (χ1) is 10.4. The Bertz CT molecular complexity index is 664. The smallest absolute Gasteiger partial charge is 0.269 e. The molecule has 0 bridgehead atoms. The fourth-order valence-corrected chi connectivity index (χ4v) is 4.22. The van der Waals surface area contributed by atoms with Gasteiger partial charge in [0, 0.05) is 38.8 Å². The van der Waals surface area contributed by atoms with Crippen molar-refractivity contribution < 1.29 is 4.79 Å². The lowest BCUT2D eigenvalue weighted by molar-refractivity contribution is 0.0962. The van der Waals surface area contributed by atoms with Crippen molar-refractivity contribution in [1.29, 1.82) is 0 Å². The average molecular weight is 492 g/mol. The SMILES string of the molecule is CN(C)c1ccc(C(=O)NNc2c(Br)cc(Br)cc2Br)cc1. The normalized spacial score (nSPS) is 10.2. The van der Waals surface area contributed by atoms with E-state index in [1.807, 2.05) is 43.3 Å². The fourth-order valence-electron chi connectivity index (χ4n) is 1.76. The van der Waals surface area contributed by atoms with Gasteiger partial charge in [-0.05, 0) is 68.3 Å². The van der Waals surface area contributed by atoms with Crippen LogP contribution < -0.4 is 15.8 Å². The molecule has 2 N–H and O–H groups in total. The quantitative estimate of drug-likeness (QED) is 0.604. The van der Waals surface area contributed by atoms with Gasteiger partial charge in [0.05, 0.1) is 5.69 Å². The van der Waals surface area contributed by atoms with Crippen molar-refractivity contribution in [2.24, 2.45) is 0 Å². The lowest BCUT2D eigenvalue weighted by atomic mass is 10.2. The molecule has 0 saturated carbocycles. The van der Waals surface area contributed by atoms with Gasteiger partial charge in [-0.25, -0.2) is 0 Å². The number of hydrazine groups is 1. The summed E-state index contributed by atoms with van der Waals surface area (Å²) >= 11 is 10.3. The highest BCUT2D eigenvalue weighted by Crippen LogP contribution is 2.33. The van der Waals surface area contributed by atoms with E-state index in [0.29, 0.717) is 5.56 Å². The maximum Gasteiger partial charge on any atom is 0.269 e. The maximum atomic E-state index is 12.2. The molecule has 2 rings (SSSR count). The number of hydrogen-bond acceptors (Lipinski definition) is 3. The van der Waals surface area contributed by atoms with Crippen molar-refractivity contribution in [3.63, 3.8) is 0 Å². The molecule has 2 aromatic carbocycles. The summed E-state index contributed by atoms with van der Waals surface area (Å²) in [5, 5.41) is 0. The van der Waals surface area contributed by atoms with Crippen molar-refractivity contribution in [3.05, 3.63) is 55.4 Å². The summed E-state index contributed by atoms with van der Waals surface area (Å²) in [7, 11) is 3.92. The summed E-state index contributed by atoms with van der Waals surface area (Å²) < 4.78 is 2.59. The van der Waals surface area contributed by atoms with E-state index in [4.69, 9.17) is 0 Å². The van der Waals surface area contributed by atoms with Crippen LogP contribution in [0.5, 0.6) is 0 Å². The zero-order valence-corrected chi connectivity index (χ0v) is 16.7. The zero-order chi connectivity index (χ0) is 16.3. The first-order valence-corrected chi connectivity index (χ1v) is 8.74. The number of carbonyl (C=O) groups excluding carboxylic acids is 1. The van der Waals surface area contributed by atoms with Crippen molar-refractivity contribution >= 4 is 65.1 Å². The van der Waals surface area contributed by atoms with Crippen LogP contribution in [0.25, 0.3) is 0 Å². The highest BCUT2D eigenvalue weighted by atomic mass is 79.9. The molecule has 1 amide bonds. The molecule has 0 heterocycles. The Morgan fingerprint density at radius 1 is 1.00 bits per heavy atom. The number of carbonyl (C=O) groups is 1. The van der Waals surface area contributed by atoms with Crippen LogP contribution in [0.15, 0.2) is 49.8 Å². The Balaban J connectivity index is 2.07. The number of amides is 1. The molecule has 0 radical (unpaired) electrons. The molecule has 0 aliphatic heterocycles. The maximum absolute atomic E-state index is 12.2. The van der Waals surface area contributed by atoms with Crippen LogP contribution in [0.4, 0.5) is 11.4 Å². The van der Waals surface area contributed by atoms with E-state index < -0.39 is 0 Å². The van der Waals surface area contributed by atoms with Gasteiger partial charge in [0.2, 0.25) is 0 Å². The molecule has 2 aromatic rings. The van der Waals surface area contributed by atoms with E-state index in [1.54, 1.807) is 12.1 Å². The monoisotopic (exact) mass is 489 g/mol. The van der Waals surface area contributed by atoms with Crippen LogP contribution in [0.3, 0.4) is 0 Å². The molecule has 4 nitrogen and oxygen atoms in total. The van der Waals surface area contributed by atoms with Gasteiger partial charge in [-0.1, -0.05) is 15.9 Å². The highest BCUT2D eigenvalue weighted by molar-refractivity contribution is 9.11.